The molecule has 1 amide bonds. The SMILES string of the molecule is CC(=O)c1cccc(NC(=O)c2cc(Cl)c(Cl)[nH]2)c1. The zero-order valence-corrected chi connectivity index (χ0v) is 11.5. The Morgan fingerprint density at radius 3 is 2.53 bits per heavy atom. The van der Waals surface area contributed by atoms with Crippen LogP contribution < -0.4 is 5.32 Å². The molecular weight excluding hydrogens is 287 g/mol. The third kappa shape index (κ3) is 3.16. The van der Waals surface area contributed by atoms with Crippen LogP contribution in [-0.4, -0.2) is 16.7 Å². The lowest BCUT2D eigenvalue weighted by atomic mass is 10.1. The second kappa shape index (κ2) is 5.47. The van der Waals surface area contributed by atoms with Crippen LogP contribution in [0.2, 0.25) is 10.2 Å². The standard InChI is InChI=1S/C13H10Cl2N2O2/c1-7(18)8-3-2-4-9(5-8)16-13(19)11-6-10(14)12(15)17-11/h2-6,17H,1H3,(H,16,19). The molecule has 2 N–H and O–H groups in total. The van der Waals surface area contributed by atoms with Gasteiger partial charge in [-0.2, -0.15) is 0 Å². The fraction of sp³-hybridized carbons (Fsp3) is 0.0769. The Hall–Kier alpha value is -1.78. The molecular formula is C13H10Cl2N2O2. The van der Waals surface area contributed by atoms with Gasteiger partial charge in [-0.05, 0) is 25.1 Å². The monoisotopic (exact) mass is 296 g/mol. The third-order valence-electron chi connectivity index (χ3n) is 2.50. The highest BCUT2D eigenvalue weighted by atomic mass is 35.5. The lowest BCUT2D eigenvalue weighted by Crippen LogP contribution is -2.12. The number of aromatic nitrogens is 1. The molecule has 0 spiro atoms. The van der Waals surface area contributed by atoms with Crippen LogP contribution in [0.3, 0.4) is 0 Å². The molecule has 0 saturated carbocycles. The number of H-pyrrole nitrogens is 1. The Morgan fingerprint density at radius 1 is 1.21 bits per heavy atom. The van der Waals surface area contributed by atoms with Gasteiger partial charge in [-0.3, -0.25) is 9.59 Å². The van der Waals surface area contributed by atoms with Crippen molar-refractivity contribution in [2.75, 3.05) is 5.32 Å². The number of Topliss-reactive ketones (excluding diaryl/α,β-unsaturated/α-hetero) is 1. The summed E-state index contributed by atoms with van der Waals surface area (Å²) in [5, 5.41) is 3.15. The number of benzene rings is 1. The number of nitrogens with one attached hydrogen (secondary N) is 2. The molecule has 1 aromatic heterocycles. The molecule has 0 saturated heterocycles. The molecule has 2 aromatic rings. The summed E-state index contributed by atoms with van der Waals surface area (Å²) in [6, 6.07) is 8.11. The van der Waals surface area contributed by atoms with Gasteiger partial charge in [-0.25, -0.2) is 0 Å². The summed E-state index contributed by atoms with van der Waals surface area (Å²) < 4.78 is 0. The number of hydrogen-bond donors (Lipinski definition) is 2. The zero-order valence-electron chi connectivity index (χ0n) is 9.96. The molecule has 6 heteroatoms. The first kappa shape index (κ1) is 13.6. The second-order valence-corrected chi connectivity index (χ2v) is 4.72. The molecule has 98 valence electrons. The van der Waals surface area contributed by atoms with Crippen LogP contribution in [0.4, 0.5) is 5.69 Å². The number of carbonyl (C=O) groups excluding carboxylic acids is 2. The first-order valence-corrected chi connectivity index (χ1v) is 6.19. The summed E-state index contributed by atoms with van der Waals surface area (Å²) in [4.78, 5) is 25.8. The van der Waals surface area contributed by atoms with E-state index in [1.54, 1.807) is 24.3 Å². The molecule has 4 nitrogen and oxygen atoms in total. The topological polar surface area (TPSA) is 62.0 Å². The Bertz CT molecular complexity index is 630. The molecule has 0 aliphatic rings. The van der Waals surface area contributed by atoms with Gasteiger partial charge < -0.3 is 10.3 Å². The highest BCUT2D eigenvalue weighted by Crippen LogP contribution is 2.22. The van der Waals surface area contributed by atoms with Crippen molar-refractivity contribution in [3.8, 4) is 0 Å². The van der Waals surface area contributed by atoms with Crippen LogP contribution in [0.1, 0.15) is 27.8 Å². The molecule has 0 fully saturated rings. The Labute approximate surface area is 119 Å². The first-order chi connectivity index (χ1) is 8.97. The van der Waals surface area contributed by atoms with Crippen LogP contribution in [0.5, 0.6) is 0 Å². The smallest absolute Gasteiger partial charge is 0.272 e. The van der Waals surface area contributed by atoms with Crippen molar-refractivity contribution in [2.24, 2.45) is 0 Å². The van der Waals surface area contributed by atoms with E-state index in [1.165, 1.54) is 13.0 Å². The van der Waals surface area contributed by atoms with Gasteiger partial charge in [0.1, 0.15) is 10.8 Å². The first-order valence-electron chi connectivity index (χ1n) is 5.43. The average Bonchev–Trinajstić information content (AvgIpc) is 2.70. The minimum Gasteiger partial charge on any atom is -0.340 e. The number of carbonyl (C=O) groups is 2. The van der Waals surface area contributed by atoms with Crippen LogP contribution in [0.15, 0.2) is 30.3 Å². The normalized spacial score (nSPS) is 10.3. The second-order valence-electron chi connectivity index (χ2n) is 3.94. The molecule has 19 heavy (non-hydrogen) atoms. The van der Waals surface area contributed by atoms with Gasteiger partial charge >= 0.3 is 0 Å². The number of aromatic amines is 1. The summed E-state index contributed by atoms with van der Waals surface area (Å²) in [6.45, 7) is 1.46. The van der Waals surface area contributed by atoms with Crippen molar-refractivity contribution in [1.29, 1.82) is 0 Å². The van der Waals surface area contributed by atoms with Crippen molar-refractivity contribution in [2.45, 2.75) is 6.92 Å². The van der Waals surface area contributed by atoms with E-state index in [9.17, 15) is 9.59 Å². The van der Waals surface area contributed by atoms with Gasteiger partial charge in [0, 0.05) is 11.3 Å². The minimum atomic E-state index is -0.380. The lowest BCUT2D eigenvalue weighted by molar-refractivity contribution is 0.100. The largest absolute Gasteiger partial charge is 0.340 e. The van der Waals surface area contributed by atoms with Crippen molar-refractivity contribution in [3.63, 3.8) is 0 Å². The van der Waals surface area contributed by atoms with E-state index in [-0.39, 0.29) is 27.6 Å². The minimum absolute atomic E-state index is 0.0675. The van der Waals surface area contributed by atoms with E-state index >= 15 is 0 Å². The van der Waals surface area contributed by atoms with Crippen LogP contribution in [0, 0.1) is 0 Å². The van der Waals surface area contributed by atoms with E-state index in [2.05, 4.69) is 10.3 Å². The molecule has 0 atom stereocenters. The van der Waals surface area contributed by atoms with Gasteiger partial charge in [0.05, 0.1) is 5.02 Å². The highest BCUT2D eigenvalue weighted by Gasteiger charge is 2.12. The van der Waals surface area contributed by atoms with Crippen molar-refractivity contribution in [1.82, 2.24) is 4.98 Å². The van der Waals surface area contributed by atoms with E-state index in [4.69, 9.17) is 23.2 Å². The maximum atomic E-state index is 11.9. The lowest BCUT2D eigenvalue weighted by Gasteiger charge is -2.05. The van der Waals surface area contributed by atoms with E-state index < -0.39 is 0 Å². The molecule has 0 aliphatic heterocycles. The number of amides is 1. The van der Waals surface area contributed by atoms with Gasteiger partial charge in [-0.1, -0.05) is 35.3 Å². The Balaban J connectivity index is 2.19. The van der Waals surface area contributed by atoms with Gasteiger partial charge in [0.25, 0.3) is 5.91 Å². The number of anilines is 1. The predicted molar refractivity (Wildman–Crippen MR) is 75.2 cm³/mol. The summed E-state index contributed by atoms with van der Waals surface area (Å²) in [5.41, 5.74) is 1.31. The van der Waals surface area contributed by atoms with Crippen LogP contribution in [-0.2, 0) is 0 Å². The third-order valence-corrected chi connectivity index (χ3v) is 3.19. The Morgan fingerprint density at radius 2 is 1.95 bits per heavy atom. The van der Waals surface area contributed by atoms with Crippen molar-refractivity contribution < 1.29 is 9.59 Å². The van der Waals surface area contributed by atoms with Gasteiger partial charge in [0.15, 0.2) is 5.78 Å². The summed E-state index contributed by atoms with van der Waals surface area (Å²) >= 11 is 11.5. The van der Waals surface area contributed by atoms with Gasteiger partial charge in [0.2, 0.25) is 0 Å². The summed E-state index contributed by atoms with van der Waals surface area (Å²) in [6.07, 6.45) is 0. The average molecular weight is 297 g/mol. The molecule has 0 bridgehead atoms. The molecule has 2 rings (SSSR count). The number of rotatable bonds is 3. The van der Waals surface area contributed by atoms with Crippen LogP contribution in [0.25, 0.3) is 0 Å². The maximum Gasteiger partial charge on any atom is 0.272 e. The number of hydrogen-bond acceptors (Lipinski definition) is 2. The number of ketones is 1. The molecule has 0 unspecified atom stereocenters. The van der Waals surface area contributed by atoms with Crippen molar-refractivity contribution in [3.05, 3.63) is 51.8 Å². The van der Waals surface area contributed by atoms with Crippen LogP contribution >= 0.6 is 23.2 Å². The van der Waals surface area contributed by atoms with E-state index in [0.717, 1.165) is 0 Å². The van der Waals surface area contributed by atoms with Crippen molar-refractivity contribution >= 4 is 40.6 Å². The fourth-order valence-electron chi connectivity index (χ4n) is 1.54. The summed E-state index contributed by atoms with van der Waals surface area (Å²) in [7, 11) is 0. The molecule has 0 radical (unpaired) electrons. The Kier molecular flexibility index (Phi) is 3.93. The molecule has 0 aliphatic carbocycles. The summed E-state index contributed by atoms with van der Waals surface area (Å²) in [5.74, 6) is -0.448. The highest BCUT2D eigenvalue weighted by molar-refractivity contribution is 6.41. The molecule has 1 heterocycles. The maximum absolute atomic E-state index is 11.9. The van der Waals surface area contributed by atoms with E-state index in [1.807, 2.05) is 0 Å². The molecule has 1 aromatic carbocycles. The predicted octanol–water partition coefficient (Wildman–Crippen LogP) is 3.78. The zero-order chi connectivity index (χ0) is 14.0. The quantitative estimate of drug-likeness (QED) is 0.847. The fourth-order valence-corrected chi connectivity index (χ4v) is 1.85. The van der Waals surface area contributed by atoms with E-state index in [0.29, 0.717) is 11.3 Å². The van der Waals surface area contributed by atoms with Gasteiger partial charge in [-0.15, -0.1) is 0 Å². The number of halogens is 2.